The second-order valence-corrected chi connectivity index (χ2v) is 4.76. The molecule has 18 heavy (non-hydrogen) atoms. The van der Waals surface area contributed by atoms with Crippen LogP contribution in [0.2, 0.25) is 0 Å². The van der Waals surface area contributed by atoms with E-state index < -0.39 is 0 Å². The summed E-state index contributed by atoms with van der Waals surface area (Å²) in [6.45, 7) is 1.75. The Bertz CT molecular complexity index is 644. The van der Waals surface area contributed by atoms with Crippen LogP contribution in [0.5, 0.6) is 0 Å². The Morgan fingerprint density at radius 3 is 2.50 bits per heavy atom. The summed E-state index contributed by atoms with van der Waals surface area (Å²) in [4.78, 5) is 11.7. The quantitative estimate of drug-likeness (QED) is 0.738. The van der Waals surface area contributed by atoms with Gasteiger partial charge in [-0.05, 0) is 53.8 Å². The molecule has 0 fully saturated rings. The minimum atomic E-state index is -0.198. The minimum absolute atomic E-state index is 0.198. The fourth-order valence-corrected chi connectivity index (χ4v) is 2.44. The van der Waals surface area contributed by atoms with Gasteiger partial charge in [-0.2, -0.15) is 0 Å². The second kappa shape index (κ2) is 4.05. The van der Waals surface area contributed by atoms with Crippen LogP contribution in [0.4, 0.5) is 4.39 Å². The molecule has 0 atom stereocenters. The van der Waals surface area contributed by atoms with Crippen LogP contribution in [0.1, 0.15) is 27.9 Å². The first-order chi connectivity index (χ1) is 8.65. The van der Waals surface area contributed by atoms with Gasteiger partial charge in [-0.3, -0.25) is 4.79 Å². The molecule has 0 N–H and O–H groups in total. The number of aryl methyl sites for hydroxylation is 2. The highest BCUT2D eigenvalue weighted by molar-refractivity contribution is 6.01. The lowest BCUT2D eigenvalue weighted by atomic mass is 9.99. The third-order valence-electron chi connectivity index (χ3n) is 3.52. The summed E-state index contributed by atoms with van der Waals surface area (Å²) in [6, 6.07) is 11.0. The SMILES string of the molecule is Cc1cc(-c2ccc3c(c2)C(=O)CC3)ccc1F. The van der Waals surface area contributed by atoms with Gasteiger partial charge in [-0.25, -0.2) is 4.39 Å². The van der Waals surface area contributed by atoms with E-state index in [9.17, 15) is 9.18 Å². The van der Waals surface area contributed by atoms with Crippen molar-refractivity contribution in [2.45, 2.75) is 19.8 Å². The second-order valence-electron chi connectivity index (χ2n) is 4.76. The van der Waals surface area contributed by atoms with E-state index >= 15 is 0 Å². The number of carbonyl (C=O) groups is 1. The van der Waals surface area contributed by atoms with Crippen LogP contribution in [0.3, 0.4) is 0 Å². The van der Waals surface area contributed by atoms with Crippen LogP contribution in [0.15, 0.2) is 36.4 Å². The van der Waals surface area contributed by atoms with Gasteiger partial charge in [0.1, 0.15) is 5.82 Å². The van der Waals surface area contributed by atoms with Crippen LogP contribution in [0, 0.1) is 12.7 Å². The highest BCUT2D eigenvalue weighted by atomic mass is 19.1. The Morgan fingerprint density at radius 2 is 1.72 bits per heavy atom. The molecular formula is C16H13FO. The number of Topliss-reactive ketones (excluding diaryl/α,β-unsaturated/α-hetero) is 1. The molecule has 2 aromatic carbocycles. The molecule has 0 bridgehead atoms. The van der Waals surface area contributed by atoms with Gasteiger partial charge < -0.3 is 0 Å². The van der Waals surface area contributed by atoms with Crippen LogP contribution < -0.4 is 0 Å². The highest BCUT2D eigenvalue weighted by Gasteiger charge is 2.19. The molecule has 1 aliphatic rings. The molecule has 3 rings (SSSR count). The van der Waals surface area contributed by atoms with Gasteiger partial charge in [0.15, 0.2) is 5.78 Å². The molecule has 0 amide bonds. The molecule has 0 saturated carbocycles. The first kappa shape index (κ1) is 11.1. The smallest absolute Gasteiger partial charge is 0.163 e. The number of rotatable bonds is 1. The molecule has 0 saturated heterocycles. The predicted molar refractivity (Wildman–Crippen MR) is 69.2 cm³/mol. The van der Waals surface area contributed by atoms with Crippen LogP contribution >= 0.6 is 0 Å². The Hall–Kier alpha value is -1.96. The molecule has 0 aliphatic heterocycles. The van der Waals surface area contributed by atoms with Gasteiger partial charge in [0.25, 0.3) is 0 Å². The van der Waals surface area contributed by atoms with Gasteiger partial charge in [-0.15, -0.1) is 0 Å². The van der Waals surface area contributed by atoms with E-state index in [0.717, 1.165) is 28.7 Å². The Labute approximate surface area is 105 Å². The van der Waals surface area contributed by atoms with Crippen molar-refractivity contribution in [3.05, 3.63) is 58.9 Å². The summed E-state index contributed by atoms with van der Waals surface area (Å²) >= 11 is 0. The number of fused-ring (bicyclic) bond motifs is 1. The maximum Gasteiger partial charge on any atom is 0.163 e. The first-order valence-electron chi connectivity index (χ1n) is 6.08. The molecule has 2 heteroatoms. The zero-order valence-corrected chi connectivity index (χ0v) is 10.2. The van der Waals surface area contributed by atoms with Gasteiger partial charge >= 0.3 is 0 Å². The van der Waals surface area contributed by atoms with E-state index in [-0.39, 0.29) is 11.6 Å². The summed E-state index contributed by atoms with van der Waals surface area (Å²) in [6.07, 6.45) is 1.46. The number of ketones is 1. The van der Waals surface area contributed by atoms with Crippen molar-refractivity contribution in [1.29, 1.82) is 0 Å². The maximum atomic E-state index is 13.2. The number of benzene rings is 2. The predicted octanol–water partition coefficient (Wildman–Crippen LogP) is 3.93. The average Bonchev–Trinajstić information content (AvgIpc) is 2.74. The fraction of sp³-hybridized carbons (Fsp3) is 0.188. The van der Waals surface area contributed by atoms with Crippen molar-refractivity contribution >= 4 is 5.78 Å². The van der Waals surface area contributed by atoms with E-state index in [2.05, 4.69) is 0 Å². The molecule has 1 nitrogen and oxygen atoms in total. The van der Waals surface area contributed by atoms with Gasteiger partial charge in [0.05, 0.1) is 0 Å². The Kier molecular flexibility index (Phi) is 2.51. The number of carbonyl (C=O) groups excluding carboxylic acids is 1. The van der Waals surface area contributed by atoms with Gasteiger partial charge in [-0.1, -0.05) is 18.2 Å². The summed E-state index contributed by atoms with van der Waals surface area (Å²) in [7, 11) is 0. The van der Waals surface area contributed by atoms with Crippen molar-refractivity contribution in [3.8, 4) is 11.1 Å². The van der Waals surface area contributed by atoms with E-state index in [0.29, 0.717) is 12.0 Å². The molecule has 1 aliphatic carbocycles. The van der Waals surface area contributed by atoms with Crippen LogP contribution in [0.25, 0.3) is 11.1 Å². The molecule has 0 radical (unpaired) electrons. The molecule has 0 unspecified atom stereocenters. The Morgan fingerprint density at radius 1 is 1.00 bits per heavy atom. The van der Waals surface area contributed by atoms with Crippen molar-refractivity contribution in [3.63, 3.8) is 0 Å². The zero-order valence-electron chi connectivity index (χ0n) is 10.2. The molecule has 90 valence electrons. The lowest BCUT2D eigenvalue weighted by molar-refractivity contribution is 0.0994. The first-order valence-corrected chi connectivity index (χ1v) is 6.08. The lowest BCUT2D eigenvalue weighted by Gasteiger charge is -2.06. The average molecular weight is 240 g/mol. The van der Waals surface area contributed by atoms with Crippen molar-refractivity contribution in [2.24, 2.45) is 0 Å². The van der Waals surface area contributed by atoms with E-state index in [4.69, 9.17) is 0 Å². The molecule has 0 spiro atoms. The lowest BCUT2D eigenvalue weighted by Crippen LogP contribution is -1.92. The van der Waals surface area contributed by atoms with Crippen molar-refractivity contribution < 1.29 is 9.18 Å². The monoisotopic (exact) mass is 240 g/mol. The maximum absolute atomic E-state index is 13.2. The molecule has 2 aromatic rings. The van der Waals surface area contributed by atoms with E-state index in [1.54, 1.807) is 13.0 Å². The van der Waals surface area contributed by atoms with Gasteiger partial charge in [0.2, 0.25) is 0 Å². The fourth-order valence-electron chi connectivity index (χ4n) is 2.44. The summed E-state index contributed by atoms with van der Waals surface area (Å²) in [5.74, 6) is 0.0154. The third-order valence-corrected chi connectivity index (χ3v) is 3.52. The largest absolute Gasteiger partial charge is 0.294 e. The highest BCUT2D eigenvalue weighted by Crippen LogP contribution is 2.28. The third kappa shape index (κ3) is 1.74. The van der Waals surface area contributed by atoms with Crippen molar-refractivity contribution in [1.82, 2.24) is 0 Å². The number of hydrogen-bond acceptors (Lipinski definition) is 1. The minimum Gasteiger partial charge on any atom is -0.294 e. The summed E-state index contributed by atoms with van der Waals surface area (Å²) in [5.41, 5.74) is 4.51. The van der Waals surface area contributed by atoms with E-state index in [1.807, 2.05) is 24.3 Å². The van der Waals surface area contributed by atoms with Crippen molar-refractivity contribution in [2.75, 3.05) is 0 Å². The zero-order chi connectivity index (χ0) is 12.7. The number of halogens is 1. The van der Waals surface area contributed by atoms with Gasteiger partial charge in [0, 0.05) is 12.0 Å². The Balaban J connectivity index is 2.10. The van der Waals surface area contributed by atoms with Crippen LogP contribution in [-0.2, 0) is 6.42 Å². The van der Waals surface area contributed by atoms with Crippen LogP contribution in [-0.4, -0.2) is 5.78 Å². The summed E-state index contributed by atoms with van der Waals surface area (Å²) in [5, 5.41) is 0. The summed E-state index contributed by atoms with van der Waals surface area (Å²) < 4.78 is 13.2. The normalized spacial score (nSPS) is 13.8. The number of hydrogen-bond donors (Lipinski definition) is 0. The van der Waals surface area contributed by atoms with E-state index in [1.165, 1.54) is 6.07 Å². The standard InChI is InChI=1S/C16H13FO/c1-10-8-12(4-6-15(10)17)13-3-2-11-5-7-16(18)14(11)9-13/h2-4,6,8-9H,5,7H2,1H3. The molecule has 0 aromatic heterocycles. The molecular weight excluding hydrogens is 227 g/mol. The topological polar surface area (TPSA) is 17.1 Å². The molecule has 0 heterocycles.